The molecule has 1 aromatic carbocycles. The largest absolute Gasteiger partial charge is 0.490 e. The minimum Gasteiger partial charge on any atom is -0.475 e. The third-order valence-corrected chi connectivity index (χ3v) is 3.96. The molecule has 0 bridgehead atoms. The summed E-state index contributed by atoms with van der Waals surface area (Å²) in [6.07, 6.45) is -8.41. The van der Waals surface area contributed by atoms with Gasteiger partial charge in [-0.15, -0.1) is 0 Å². The van der Waals surface area contributed by atoms with E-state index in [1.54, 1.807) is 13.1 Å². The van der Waals surface area contributed by atoms with Crippen LogP contribution >= 0.6 is 0 Å². The standard InChI is InChI=1S/C18H18F3N5O.C2HF3O2/c1-23-17(27)11-24-7-3-6-14-9-15(26-16(10-22)25-14)12-4-2-5-13(8-12)18(19,20)21;3-2(4,5)1(6)7/h2,4-5,8-9,24H,3,6-7,11H2,1H3,(H,23,27);(H,6,7). The van der Waals surface area contributed by atoms with E-state index in [4.69, 9.17) is 15.2 Å². The van der Waals surface area contributed by atoms with Crippen molar-refractivity contribution in [1.82, 2.24) is 20.6 Å². The van der Waals surface area contributed by atoms with Gasteiger partial charge in [0.2, 0.25) is 11.7 Å². The summed E-state index contributed by atoms with van der Waals surface area (Å²) >= 11 is 0. The molecule has 0 atom stereocenters. The second kappa shape index (κ2) is 12.5. The molecule has 3 N–H and O–H groups in total. The van der Waals surface area contributed by atoms with E-state index in [1.165, 1.54) is 12.1 Å². The van der Waals surface area contributed by atoms with Crippen LogP contribution in [0.3, 0.4) is 0 Å². The second-order valence-corrected chi connectivity index (χ2v) is 6.51. The Hall–Kier alpha value is -3.73. The Labute approximate surface area is 189 Å². The number of aromatic nitrogens is 2. The SMILES string of the molecule is CNC(=O)CNCCCc1cc(-c2cccc(C(F)(F)F)c2)nc(C#N)n1.O=C(O)C(F)(F)F. The van der Waals surface area contributed by atoms with Gasteiger partial charge in [-0.05, 0) is 37.6 Å². The van der Waals surface area contributed by atoms with E-state index in [-0.39, 0.29) is 29.5 Å². The number of carbonyl (C=O) groups excluding carboxylic acids is 1. The van der Waals surface area contributed by atoms with Crippen molar-refractivity contribution >= 4 is 11.9 Å². The summed E-state index contributed by atoms with van der Waals surface area (Å²) in [5.74, 6) is -2.98. The third-order valence-electron chi connectivity index (χ3n) is 3.96. The number of alkyl halides is 6. The van der Waals surface area contributed by atoms with Crippen LogP contribution < -0.4 is 10.6 Å². The fourth-order valence-corrected chi connectivity index (χ4v) is 2.36. The first kappa shape index (κ1) is 28.3. The Kier molecular flexibility index (Phi) is 10.4. The average Bonchev–Trinajstić information content (AvgIpc) is 2.77. The van der Waals surface area contributed by atoms with Crippen LogP contribution in [0.2, 0.25) is 0 Å². The maximum Gasteiger partial charge on any atom is 0.490 e. The summed E-state index contributed by atoms with van der Waals surface area (Å²) in [6, 6.07) is 8.20. The normalized spacial score (nSPS) is 11.1. The molecule has 1 amide bonds. The number of likely N-dealkylation sites (N-methyl/N-ethyl adjacent to an activating group) is 1. The number of hydrogen-bond donors (Lipinski definition) is 3. The highest BCUT2D eigenvalue weighted by Crippen LogP contribution is 2.31. The van der Waals surface area contributed by atoms with Crippen molar-refractivity contribution in [2.24, 2.45) is 0 Å². The maximum absolute atomic E-state index is 12.9. The van der Waals surface area contributed by atoms with Crippen LogP contribution in [0.4, 0.5) is 26.3 Å². The first-order valence-corrected chi connectivity index (χ1v) is 9.45. The van der Waals surface area contributed by atoms with Crippen LogP contribution in [0.15, 0.2) is 30.3 Å². The number of amides is 1. The number of benzene rings is 1. The number of halogens is 6. The Morgan fingerprint density at radius 2 is 1.76 bits per heavy atom. The van der Waals surface area contributed by atoms with Crippen molar-refractivity contribution in [3.8, 4) is 17.3 Å². The number of nitrogens with zero attached hydrogens (tertiary/aromatic N) is 3. The molecule has 14 heteroatoms. The molecule has 0 aliphatic carbocycles. The molecule has 0 fully saturated rings. The van der Waals surface area contributed by atoms with Crippen LogP contribution in [-0.4, -0.2) is 53.3 Å². The van der Waals surface area contributed by atoms with Crippen molar-refractivity contribution in [3.63, 3.8) is 0 Å². The van der Waals surface area contributed by atoms with Crippen molar-refractivity contribution in [2.45, 2.75) is 25.2 Å². The molecule has 2 aromatic rings. The zero-order valence-electron chi connectivity index (χ0n) is 17.6. The van der Waals surface area contributed by atoms with E-state index >= 15 is 0 Å². The quantitative estimate of drug-likeness (QED) is 0.401. The molecule has 0 aliphatic rings. The van der Waals surface area contributed by atoms with Gasteiger partial charge in [0.1, 0.15) is 6.07 Å². The molecule has 0 radical (unpaired) electrons. The van der Waals surface area contributed by atoms with Crippen LogP contribution in [0.1, 0.15) is 23.5 Å². The van der Waals surface area contributed by atoms with E-state index < -0.39 is 23.9 Å². The number of aryl methyl sites for hydroxylation is 1. The van der Waals surface area contributed by atoms with Gasteiger partial charge >= 0.3 is 18.3 Å². The molecular weight excluding hydrogens is 472 g/mol. The predicted octanol–water partition coefficient (Wildman–Crippen LogP) is 2.94. The molecule has 0 spiro atoms. The lowest BCUT2D eigenvalue weighted by atomic mass is 10.1. The van der Waals surface area contributed by atoms with Gasteiger partial charge < -0.3 is 15.7 Å². The summed E-state index contributed by atoms with van der Waals surface area (Å²) in [5.41, 5.74) is 0.302. The Morgan fingerprint density at radius 1 is 1.12 bits per heavy atom. The van der Waals surface area contributed by atoms with Gasteiger partial charge in [0.15, 0.2) is 0 Å². The number of carboxylic acids is 1. The molecule has 2 rings (SSSR count). The van der Waals surface area contributed by atoms with E-state index in [9.17, 15) is 31.1 Å². The highest BCUT2D eigenvalue weighted by Gasteiger charge is 2.38. The maximum atomic E-state index is 12.9. The first-order chi connectivity index (χ1) is 15.8. The molecule has 34 heavy (non-hydrogen) atoms. The zero-order chi connectivity index (χ0) is 25.9. The van der Waals surface area contributed by atoms with Gasteiger partial charge in [-0.3, -0.25) is 4.79 Å². The number of nitriles is 1. The molecule has 0 saturated carbocycles. The smallest absolute Gasteiger partial charge is 0.475 e. The van der Waals surface area contributed by atoms with E-state index in [1.807, 2.05) is 6.07 Å². The van der Waals surface area contributed by atoms with E-state index in [0.717, 1.165) is 12.1 Å². The van der Waals surface area contributed by atoms with E-state index in [2.05, 4.69) is 20.6 Å². The summed E-state index contributed by atoms with van der Waals surface area (Å²) in [6.45, 7) is 0.747. The lowest BCUT2D eigenvalue weighted by Crippen LogP contribution is -2.31. The average molecular weight is 491 g/mol. The highest BCUT2D eigenvalue weighted by atomic mass is 19.4. The van der Waals surface area contributed by atoms with Crippen LogP contribution in [0.5, 0.6) is 0 Å². The fourth-order valence-electron chi connectivity index (χ4n) is 2.36. The Morgan fingerprint density at radius 3 is 2.29 bits per heavy atom. The minimum atomic E-state index is -5.08. The van der Waals surface area contributed by atoms with Gasteiger partial charge in [0.25, 0.3) is 0 Å². The lowest BCUT2D eigenvalue weighted by molar-refractivity contribution is -0.192. The molecule has 1 heterocycles. The Balaban J connectivity index is 0.000000718. The zero-order valence-corrected chi connectivity index (χ0v) is 17.6. The molecule has 1 aromatic heterocycles. The van der Waals surface area contributed by atoms with Gasteiger partial charge in [0, 0.05) is 18.3 Å². The van der Waals surface area contributed by atoms with Gasteiger partial charge in [0.05, 0.1) is 17.8 Å². The number of carbonyl (C=O) groups is 2. The molecule has 0 saturated heterocycles. The number of rotatable bonds is 7. The first-order valence-electron chi connectivity index (χ1n) is 9.45. The number of hydrogen-bond acceptors (Lipinski definition) is 6. The van der Waals surface area contributed by atoms with Crippen LogP contribution in [0, 0.1) is 11.3 Å². The molecule has 184 valence electrons. The summed E-state index contributed by atoms with van der Waals surface area (Å²) in [4.78, 5) is 28.1. The number of carboxylic acid groups (broad SMARTS) is 1. The van der Waals surface area contributed by atoms with Crippen molar-refractivity contribution < 1.29 is 41.0 Å². The van der Waals surface area contributed by atoms with Gasteiger partial charge in [-0.25, -0.2) is 14.8 Å². The molecule has 0 unspecified atom stereocenters. The minimum absolute atomic E-state index is 0.0989. The van der Waals surface area contributed by atoms with Gasteiger partial charge in [-0.2, -0.15) is 31.6 Å². The number of aliphatic carboxylic acids is 1. The predicted molar refractivity (Wildman–Crippen MR) is 106 cm³/mol. The topological polar surface area (TPSA) is 128 Å². The highest BCUT2D eigenvalue weighted by molar-refractivity contribution is 5.77. The van der Waals surface area contributed by atoms with Gasteiger partial charge in [-0.1, -0.05) is 12.1 Å². The monoisotopic (exact) mass is 491 g/mol. The summed E-state index contributed by atoms with van der Waals surface area (Å²) in [5, 5.41) is 21.7. The van der Waals surface area contributed by atoms with E-state index in [0.29, 0.717) is 25.1 Å². The van der Waals surface area contributed by atoms with Crippen LogP contribution in [-0.2, 0) is 22.2 Å². The summed E-state index contributed by atoms with van der Waals surface area (Å²) in [7, 11) is 1.55. The lowest BCUT2D eigenvalue weighted by Gasteiger charge is -2.10. The van der Waals surface area contributed by atoms with Crippen LogP contribution in [0.25, 0.3) is 11.3 Å². The molecular formula is C20H19F6N5O3. The third kappa shape index (κ3) is 9.82. The number of nitrogens with one attached hydrogen (secondary N) is 2. The van der Waals surface area contributed by atoms with Crippen molar-refractivity contribution in [3.05, 3.63) is 47.4 Å². The molecule has 0 aliphatic heterocycles. The summed E-state index contributed by atoms with van der Waals surface area (Å²) < 4.78 is 70.5. The van der Waals surface area contributed by atoms with Crippen molar-refractivity contribution in [2.75, 3.05) is 20.1 Å². The second-order valence-electron chi connectivity index (χ2n) is 6.51. The molecule has 8 nitrogen and oxygen atoms in total. The van der Waals surface area contributed by atoms with Crippen molar-refractivity contribution in [1.29, 1.82) is 5.26 Å². The fraction of sp³-hybridized carbons (Fsp3) is 0.350. The Bertz CT molecular complexity index is 1030.